The molecular formula is C10H18N5O4P. The summed E-state index contributed by atoms with van der Waals surface area (Å²) >= 11 is 0. The Hall–Kier alpha value is -1.54. The summed E-state index contributed by atoms with van der Waals surface area (Å²) in [4.78, 5) is 29.4. The minimum absolute atomic E-state index is 0. The third-order valence-electron chi connectivity index (χ3n) is 2.41. The second-order valence-electron chi connectivity index (χ2n) is 4.10. The number of nitrogens with two attached hydrogens (primary N) is 1. The first-order valence-electron chi connectivity index (χ1n) is 5.44. The summed E-state index contributed by atoms with van der Waals surface area (Å²) in [5.41, 5.74) is 6.70. The Bertz CT molecular complexity index is 625. The number of rotatable bonds is 5. The minimum Gasteiger partial charge on any atom is -0.382 e. The zero-order valence-corrected chi connectivity index (χ0v) is 11.1. The van der Waals surface area contributed by atoms with Crippen LogP contribution in [0.25, 0.3) is 11.2 Å². The summed E-state index contributed by atoms with van der Waals surface area (Å²) in [6.45, 7) is 2.05. The summed E-state index contributed by atoms with van der Waals surface area (Å²) in [5.74, 6) is 0.285. The molecule has 9 nitrogen and oxygen atoms in total. The Morgan fingerprint density at radius 2 is 2.15 bits per heavy atom. The SMILES string of the molecule is C.C[C@H](Cn1cnc2c(N)ncnc21)OCP(=O)(O)O. The van der Waals surface area contributed by atoms with Crippen LogP contribution in [0.5, 0.6) is 0 Å². The van der Waals surface area contributed by atoms with Crippen LogP contribution in [0.1, 0.15) is 14.4 Å². The molecule has 112 valence electrons. The number of nitrogens with zero attached hydrogens (tertiary/aromatic N) is 4. The lowest BCUT2D eigenvalue weighted by Gasteiger charge is -2.14. The van der Waals surface area contributed by atoms with Crippen molar-refractivity contribution >= 4 is 24.6 Å². The van der Waals surface area contributed by atoms with E-state index in [1.54, 1.807) is 11.5 Å². The Morgan fingerprint density at radius 1 is 1.45 bits per heavy atom. The topological polar surface area (TPSA) is 136 Å². The zero-order valence-electron chi connectivity index (χ0n) is 10.2. The summed E-state index contributed by atoms with van der Waals surface area (Å²) in [7, 11) is -4.16. The number of imidazole rings is 1. The van der Waals surface area contributed by atoms with Gasteiger partial charge in [-0.3, -0.25) is 4.57 Å². The van der Waals surface area contributed by atoms with Crippen LogP contribution in [0.3, 0.4) is 0 Å². The van der Waals surface area contributed by atoms with Crippen molar-refractivity contribution < 1.29 is 19.1 Å². The normalized spacial score (nSPS) is 13.2. The molecule has 0 amide bonds. The second kappa shape index (κ2) is 6.27. The minimum atomic E-state index is -4.16. The summed E-state index contributed by atoms with van der Waals surface area (Å²) in [6.07, 6.45) is 1.85. The molecule has 0 unspecified atom stereocenters. The van der Waals surface area contributed by atoms with Gasteiger partial charge in [0.1, 0.15) is 18.2 Å². The molecule has 0 aliphatic carbocycles. The van der Waals surface area contributed by atoms with E-state index in [1.807, 2.05) is 0 Å². The van der Waals surface area contributed by atoms with E-state index in [-0.39, 0.29) is 13.2 Å². The van der Waals surface area contributed by atoms with E-state index in [0.717, 1.165) is 0 Å². The first kappa shape index (κ1) is 16.5. The molecule has 20 heavy (non-hydrogen) atoms. The Balaban J connectivity index is 0.00000200. The molecule has 0 aliphatic heterocycles. The number of anilines is 1. The van der Waals surface area contributed by atoms with Crippen molar-refractivity contribution in [2.45, 2.75) is 27.0 Å². The molecule has 0 saturated carbocycles. The lowest BCUT2D eigenvalue weighted by atomic mass is 10.4. The highest BCUT2D eigenvalue weighted by Gasteiger charge is 2.16. The molecule has 10 heteroatoms. The summed E-state index contributed by atoms with van der Waals surface area (Å²) in [5, 5.41) is 0. The van der Waals surface area contributed by atoms with Crippen molar-refractivity contribution in [3.05, 3.63) is 12.7 Å². The van der Waals surface area contributed by atoms with E-state index < -0.39 is 20.0 Å². The number of hydrogen-bond acceptors (Lipinski definition) is 6. The molecule has 4 N–H and O–H groups in total. The van der Waals surface area contributed by atoms with Gasteiger partial charge in [0.15, 0.2) is 11.5 Å². The van der Waals surface area contributed by atoms with Crippen LogP contribution < -0.4 is 5.73 Å². The molecule has 2 heterocycles. The predicted octanol–water partition coefficient (Wildman–Crippen LogP) is 0.585. The first-order chi connectivity index (χ1) is 8.87. The average molecular weight is 303 g/mol. The fourth-order valence-corrected chi connectivity index (χ4v) is 2.04. The largest absolute Gasteiger partial charge is 0.382 e. The van der Waals surface area contributed by atoms with E-state index in [9.17, 15) is 4.57 Å². The molecular weight excluding hydrogens is 285 g/mol. The first-order valence-corrected chi connectivity index (χ1v) is 7.24. The van der Waals surface area contributed by atoms with Gasteiger partial charge in [-0.15, -0.1) is 0 Å². The van der Waals surface area contributed by atoms with Crippen molar-refractivity contribution in [2.75, 3.05) is 12.1 Å². The van der Waals surface area contributed by atoms with Crippen LogP contribution >= 0.6 is 7.60 Å². The van der Waals surface area contributed by atoms with Crippen molar-refractivity contribution in [1.29, 1.82) is 0 Å². The van der Waals surface area contributed by atoms with Gasteiger partial charge in [0, 0.05) is 0 Å². The molecule has 0 saturated heterocycles. The van der Waals surface area contributed by atoms with Crippen molar-refractivity contribution in [3.63, 3.8) is 0 Å². The van der Waals surface area contributed by atoms with Crippen LogP contribution in [0.4, 0.5) is 5.82 Å². The molecule has 0 radical (unpaired) electrons. The van der Waals surface area contributed by atoms with Crippen LogP contribution in [-0.4, -0.2) is 41.8 Å². The smallest absolute Gasteiger partial charge is 0.350 e. The number of fused-ring (bicyclic) bond motifs is 1. The molecule has 0 aliphatic rings. The number of hydrogen-bond donors (Lipinski definition) is 3. The predicted molar refractivity (Wildman–Crippen MR) is 73.9 cm³/mol. The second-order valence-corrected chi connectivity index (χ2v) is 5.69. The number of ether oxygens (including phenoxy) is 1. The van der Waals surface area contributed by atoms with E-state index >= 15 is 0 Å². The van der Waals surface area contributed by atoms with E-state index in [0.29, 0.717) is 17.7 Å². The summed E-state index contributed by atoms with van der Waals surface area (Å²) < 4.78 is 17.5. The maximum atomic E-state index is 10.7. The van der Waals surface area contributed by atoms with Gasteiger partial charge in [-0.1, -0.05) is 7.43 Å². The molecule has 0 spiro atoms. The van der Waals surface area contributed by atoms with Crippen LogP contribution in [0.2, 0.25) is 0 Å². The number of nitrogen functional groups attached to an aromatic ring is 1. The van der Waals surface area contributed by atoms with Gasteiger partial charge < -0.3 is 24.8 Å². The Labute approximate surface area is 116 Å². The van der Waals surface area contributed by atoms with Gasteiger partial charge in [0.05, 0.1) is 19.0 Å². The molecule has 1 atom stereocenters. The van der Waals surface area contributed by atoms with Gasteiger partial charge in [0.2, 0.25) is 0 Å². The van der Waals surface area contributed by atoms with Crippen LogP contribution in [-0.2, 0) is 15.8 Å². The molecule has 2 rings (SSSR count). The monoisotopic (exact) mass is 303 g/mol. The van der Waals surface area contributed by atoms with Crippen LogP contribution in [0.15, 0.2) is 12.7 Å². The Kier molecular flexibility index (Phi) is 5.18. The van der Waals surface area contributed by atoms with Crippen molar-refractivity contribution in [3.8, 4) is 0 Å². The summed E-state index contributed by atoms with van der Waals surface area (Å²) in [6, 6.07) is 0. The van der Waals surface area contributed by atoms with Gasteiger partial charge >= 0.3 is 7.60 Å². The molecule has 2 aromatic rings. The fraction of sp³-hybridized carbons (Fsp3) is 0.500. The highest BCUT2D eigenvalue weighted by molar-refractivity contribution is 7.51. The van der Waals surface area contributed by atoms with Gasteiger partial charge in [0.25, 0.3) is 0 Å². The van der Waals surface area contributed by atoms with Gasteiger partial charge in [-0.25, -0.2) is 15.0 Å². The highest BCUT2D eigenvalue weighted by atomic mass is 31.2. The highest BCUT2D eigenvalue weighted by Crippen LogP contribution is 2.34. The van der Waals surface area contributed by atoms with E-state index in [1.165, 1.54) is 12.7 Å². The molecule has 0 aromatic carbocycles. The van der Waals surface area contributed by atoms with Crippen LogP contribution in [0, 0.1) is 0 Å². The fourth-order valence-electron chi connectivity index (χ4n) is 1.59. The zero-order chi connectivity index (χ0) is 14.0. The van der Waals surface area contributed by atoms with Crippen molar-refractivity contribution in [2.24, 2.45) is 0 Å². The van der Waals surface area contributed by atoms with Gasteiger partial charge in [-0.05, 0) is 6.92 Å². The molecule has 0 fully saturated rings. The third kappa shape index (κ3) is 3.97. The van der Waals surface area contributed by atoms with E-state index in [4.69, 9.17) is 20.3 Å². The lowest BCUT2D eigenvalue weighted by Crippen LogP contribution is -2.17. The van der Waals surface area contributed by atoms with Gasteiger partial charge in [-0.2, -0.15) is 0 Å². The van der Waals surface area contributed by atoms with E-state index in [2.05, 4.69) is 15.0 Å². The third-order valence-corrected chi connectivity index (χ3v) is 2.90. The number of aromatic nitrogens is 4. The lowest BCUT2D eigenvalue weighted by molar-refractivity contribution is 0.0764. The standard InChI is InChI=1S/C9H14N5O4P.CH4/c1-6(18-5-19(15,16)17)2-14-4-13-7-8(10)11-3-12-9(7)14;/h3-4,6H,2,5H2,1H3,(H2,10,11,12)(H2,15,16,17);1H4/t6-;/m1./s1. The molecule has 2 aromatic heterocycles. The maximum Gasteiger partial charge on any atom is 0.350 e. The molecule has 0 bridgehead atoms. The quantitative estimate of drug-likeness (QED) is 0.682. The maximum absolute atomic E-state index is 10.7. The van der Waals surface area contributed by atoms with Crippen molar-refractivity contribution in [1.82, 2.24) is 19.5 Å². The Morgan fingerprint density at radius 3 is 2.80 bits per heavy atom. The average Bonchev–Trinajstić information content (AvgIpc) is 2.71.